The monoisotopic (exact) mass is 215 g/mol. The lowest BCUT2D eigenvalue weighted by Crippen LogP contribution is -2.24. The third-order valence-corrected chi connectivity index (χ3v) is 2.72. The Morgan fingerprint density at radius 3 is 3.00 bits per heavy atom. The second kappa shape index (κ2) is 6.09. The van der Waals surface area contributed by atoms with Crippen LogP contribution in [0.4, 0.5) is 4.79 Å². The van der Waals surface area contributed by atoms with Crippen LogP contribution in [0, 0.1) is 0 Å². The van der Waals surface area contributed by atoms with Gasteiger partial charge in [0.2, 0.25) is 0 Å². The summed E-state index contributed by atoms with van der Waals surface area (Å²) >= 11 is 1.10. The quantitative estimate of drug-likeness (QED) is 0.538. The third kappa shape index (κ3) is 4.15. The molecule has 0 aromatic heterocycles. The van der Waals surface area contributed by atoms with Crippen molar-refractivity contribution in [1.29, 1.82) is 0 Å². The first-order valence-electron chi connectivity index (χ1n) is 4.89. The van der Waals surface area contributed by atoms with Crippen LogP contribution < -0.4 is 5.73 Å². The van der Waals surface area contributed by atoms with Crippen LogP contribution in [0.2, 0.25) is 0 Å². The molecule has 0 saturated carbocycles. The minimum Gasteiger partial charge on any atom is -0.450 e. The fraction of sp³-hybridized carbons (Fsp3) is 0.700. The molecule has 0 aliphatic heterocycles. The molecule has 0 saturated heterocycles. The molecule has 0 bridgehead atoms. The summed E-state index contributed by atoms with van der Waals surface area (Å²) in [4.78, 5) is 11.0. The number of rotatable bonds is 1. The van der Waals surface area contributed by atoms with Gasteiger partial charge in [0.25, 0.3) is 0 Å². The molecule has 0 aromatic rings. The van der Waals surface area contributed by atoms with Crippen LogP contribution in [-0.2, 0) is 4.74 Å². The molecule has 2 unspecified atom stereocenters. The van der Waals surface area contributed by atoms with Gasteiger partial charge in [-0.15, -0.1) is 0 Å². The molecule has 3 nitrogen and oxygen atoms in total. The van der Waals surface area contributed by atoms with Gasteiger partial charge in [0.15, 0.2) is 0 Å². The predicted octanol–water partition coefficient (Wildman–Crippen LogP) is 2.31. The Morgan fingerprint density at radius 1 is 1.50 bits per heavy atom. The Balaban J connectivity index is 2.42. The van der Waals surface area contributed by atoms with Crippen LogP contribution >= 0.6 is 11.8 Å². The largest absolute Gasteiger partial charge is 0.450 e. The normalized spacial score (nSPS) is 30.1. The number of thioether (sulfide) groups is 1. The van der Waals surface area contributed by atoms with E-state index in [2.05, 4.69) is 6.08 Å². The maximum Gasteiger partial charge on any atom is 0.367 e. The SMILES string of the molecule is CSC(=O)OC1/C=C/CCC(N)CC1. The Hall–Kier alpha value is -0.480. The first-order valence-corrected chi connectivity index (χ1v) is 6.11. The van der Waals surface area contributed by atoms with Crippen molar-refractivity contribution in [2.24, 2.45) is 5.73 Å². The molecule has 4 heteroatoms. The van der Waals surface area contributed by atoms with Crippen molar-refractivity contribution in [2.45, 2.75) is 37.8 Å². The molecule has 0 radical (unpaired) electrons. The molecule has 1 rings (SSSR count). The van der Waals surface area contributed by atoms with E-state index in [9.17, 15) is 4.79 Å². The molecular formula is C10H17NO2S. The number of hydrogen-bond donors (Lipinski definition) is 1. The van der Waals surface area contributed by atoms with E-state index in [1.54, 1.807) is 6.26 Å². The number of carbonyl (C=O) groups excluding carboxylic acids is 1. The molecule has 14 heavy (non-hydrogen) atoms. The van der Waals surface area contributed by atoms with Gasteiger partial charge >= 0.3 is 5.30 Å². The van der Waals surface area contributed by atoms with Gasteiger partial charge < -0.3 is 10.5 Å². The van der Waals surface area contributed by atoms with Crippen molar-refractivity contribution in [3.8, 4) is 0 Å². The Kier molecular flexibility index (Phi) is 5.04. The lowest BCUT2D eigenvalue weighted by atomic mass is 10.0. The molecule has 2 N–H and O–H groups in total. The highest BCUT2D eigenvalue weighted by atomic mass is 32.2. The van der Waals surface area contributed by atoms with Gasteiger partial charge in [-0.1, -0.05) is 6.08 Å². The summed E-state index contributed by atoms with van der Waals surface area (Å²) < 4.78 is 5.21. The van der Waals surface area contributed by atoms with Crippen LogP contribution in [0.25, 0.3) is 0 Å². The summed E-state index contributed by atoms with van der Waals surface area (Å²) in [5.41, 5.74) is 5.85. The van der Waals surface area contributed by atoms with Crippen LogP contribution in [0.15, 0.2) is 12.2 Å². The lowest BCUT2D eigenvalue weighted by molar-refractivity contribution is 0.138. The van der Waals surface area contributed by atoms with Crippen molar-refractivity contribution in [2.75, 3.05) is 6.26 Å². The van der Waals surface area contributed by atoms with E-state index in [4.69, 9.17) is 10.5 Å². The van der Waals surface area contributed by atoms with Gasteiger partial charge in [-0.2, -0.15) is 0 Å². The minimum absolute atomic E-state index is 0.0821. The van der Waals surface area contributed by atoms with Crippen molar-refractivity contribution in [3.05, 3.63) is 12.2 Å². The second-order valence-corrected chi connectivity index (χ2v) is 4.19. The maximum atomic E-state index is 11.0. The molecule has 0 spiro atoms. The van der Waals surface area contributed by atoms with Crippen LogP contribution in [0.3, 0.4) is 0 Å². The number of allylic oxidation sites excluding steroid dienone is 1. The zero-order valence-corrected chi connectivity index (χ0v) is 9.26. The molecule has 0 heterocycles. The number of ether oxygens (including phenoxy) is 1. The average molecular weight is 215 g/mol. The molecule has 1 aliphatic rings. The highest BCUT2D eigenvalue weighted by Crippen LogP contribution is 2.15. The van der Waals surface area contributed by atoms with Gasteiger partial charge in [-0.25, -0.2) is 4.79 Å². The van der Waals surface area contributed by atoms with Crippen LogP contribution in [-0.4, -0.2) is 23.7 Å². The number of carbonyl (C=O) groups is 1. The zero-order chi connectivity index (χ0) is 10.4. The van der Waals surface area contributed by atoms with E-state index >= 15 is 0 Å². The first kappa shape index (κ1) is 11.6. The predicted molar refractivity (Wildman–Crippen MR) is 59.4 cm³/mol. The smallest absolute Gasteiger partial charge is 0.367 e. The fourth-order valence-electron chi connectivity index (χ4n) is 1.45. The van der Waals surface area contributed by atoms with E-state index in [1.165, 1.54) is 0 Å². The van der Waals surface area contributed by atoms with E-state index in [-0.39, 0.29) is 17.4 Å². The van der Waals surface area contributed by atoms with Crippen molar-refractivity contribution in [1.82, 2.24) is 0 Å². The minimum atomic E-state index is -0.214. The molecule has 1 aliphatic carbocycles. The first-order chi connectivity index (χ1) is 6.72. The summed E-state index contributed by atoms with van der Waals surface area (Å²) in [6, 6.07) is 0.246. The van der Waals surface area contributed by atoms with Crippen LogP contribution in [0.5, 0.6) is 0 Å². The molecule has 80 valence electrons. The van der Waals surface area contributed by atoms with Crippen molar-refractivity contribution in [3.63, 3.8) is 0 Å². The second-order valence-electron chi connectivity index (χ2n) is 3.45. The lowest BCUT2D eigenvalue weighted by Gasteiger charge is -2.18. The Labute approximate surface area is 89.1 Å². The van der Waals surface area contributed by atoms with Crippen molar-refractivity contribution < 1.29 is 9.53 Å². The summed E-state index contributed by atoms with van der Waals surface area (Å²) in [7, 11) is 0. The number of hydrogen-bond acceptors (Lipinski definition) is 4. The Morgan fingerprint density at radius 2 is 2.29 bits per heavy atom. The molecular weight excluding hydrogens is 198 g/mol. The fourth-order valence-corrected chi connectivity index (χ4v) is 1.67. The molecule has 2 atom stereocenters. The highest BCUT2D eigenvalue weighted by Gasteiger charge is 2.14. The van der Waals surface area contributed by atoms with E-state index in [0.29, 0.717) is 0 Å². The van der Waals surface area contributed by atoms with E-state index in [1.807, 2.05) is 6.08 Å². The topological polar surface area (TPSA) is 52.3 Å². The van der Waals surface area contributed by atoms with Crippen molar-refractivity contribution >= 4 is 17.1 Å². The summed E-state index contributed by atoms with van der Waals surface area (Å²) in [6.45, 7) is 0. The standard InChI is InChI=1S/C10H17NO2S/c1-14-10(12)13-9-5-3-2-4-8(11)6-7-9/h3,5,8-9H,2,4,6-7,11H2,1H3/b5-3+. The Bertz CT molecular complexity index is 218. The average Bonchev–Trinajstić information content (AvgIpc) is 2.16. The van der Waals surface area contributed by atoms with Gasteiger partial charge in [0.1, 0.15) is 6.10 Å². The van der Waals surface area contributed by atoms with Gasteiger partial charge in [-0.3, -0.25) is 0 Å². The molecule has 0 amide bonds. The molecule has 0 aromatic carbocycles. The van der Waals surface area contributed by atoms with Gasteiger partial charge in [0.05, 0.1) is 0 Å². The third-order valence-electron chi connectivity index (χ3n) is 2.29. The molecule has 0 fully saturated rings. The maximum absolute atomic E-state index is 11.0. The van der Waals surface area contributed by atoms with E-state index < -0.39 is 0 Å². The van der Waals surface area contributed by atoms with Crippen LogP contribution in [0.1, 0.15) is 25.7 Å². The summed E-state index contributed by atoms with van der Waals surface area (Å²) in [6.07, 6.45) is 9.44. The zero-order valence-electron chi connectivity index (χ0n) is 8.44. The van der Waals surface area contributed by atoms with E-state index in [0.717, 1.165) is 37.4 Å². The number of nitrogens with two attached hydrogens (primary N) is 1. The highest BCUT2D eigenvalue weighted by molar-refractivity contribution is 8.12. The van der Waals surface area contributed by atoms with Gasteiger partial charge in [0, 0.05) is 6.04 Å². The summed E-state index contributed by atoms with van der Waals surface area (Å²) in [5, 5.41) is -0.214. The summed E-state index contributed by atoms with van der Waals surface area (Å²) in [5.74, 6) is 0. The van der Waals surface area contributed by atoms with Gasteiger partial charge in [-0.05, 0) is 49.8 Å².